The zero-order valence-corrected chi connectivity index (χ0v) is 19.8. The van der Waals surface area contributed by atoms with Crippen molar-refractivity contribution < 1.29 is 29.1 Å². The molecule has 0 saturated carbocycles. The summed E-state index contributed by atoms with van der Waals surface area (Å²) in [6, 6.07) is 7.58. The van der Waals surface area contributed by atoms with E-state index in [2.05, 4.69) is 6.92 Å². The Morgan fingerprint density at radius 2 is 1.03 bits per heavy atom. The third-order valence-electron chi connectivity index (χ3n) is 5.06. The molecule has 0 atom stereocenters. The van der Waals surface area contributed by atoms with Crippen LogP contribution in [0.4, 0.5) is 0 Å². The van der Waals surface area contributed by atoms with E-state index in [-0.39, 0.29) is 12.7 Å². The third-order valence-corrected chi connectivity index (χ3v) is 5.06. The average Bonchev–Trinajstić information content (AvgIpc) is 2.68. The first-order chi connectivity index (χ1) is 15.1. The topological polar surface area (TPSA) is 71.1 Å². The molecule has 0 saturated heterocycles. The largest absolute Gasteiger partial charge is 0.373 e. The number of hydrogen-bond donors (Lipinski definition) is 0. The van der Waals surface area contributed by atoms with Gasteiger partial charge in [-0.1, -0.05) is 55.2 Å². The molecule has 2 radical (unpaired) electrons. The quantitative estimate of drug-likeness (QED) is 0.245. The lowest BCUT2D eigenvalue weighted by atomic mass is 10.0. The molecular weight excluding hydrogens is 408 g/mol. The highest BCUT2D eigenvalue weighted by Gasteiger charge is 2.24. The van der Waals surface area contributed by atoms with E-state index in [0.29, 0.717) is 17.5 Å². The van der Waals surface area contributed by atoms with Gasteiger partial charge in [0.1, 0.15) is 0 Å². The number of unbranched alkanes of at least 4 members (excludes halogenated alkanes) is 2. The Morgan fingerprint density at radius 1 is 0.656 bits per heavy atom. The van der Waals surface area contributed by atoms with E-state index in [0.717, 1.165) is 46.2 Å². The van der Waals surface area contributed by atoms with Crippen molar-refractivity contribution in [2.24, 2.45) is 0 Å². The van der Waals surface area contributed by atoms with Crippen molar-refractivity contribution in [3.63, 3.8) is 0 Å². The van der Waals surface area contributed by atoms with Gasteiger partial charge in [0.25, 0.3) is 0 Å². The van der Waals surface area contributed by atoms with E-state index in [1.54, 1.807) is 0 Å². The lowest BCUT2D eigenvalue weighted by Crippen LogP contribution is -2.18. The molecule has 2 aromatic rings. The number of benzene rings is 2. The van der Waals surface area contributed by atoms with Crippen LogP contribution in [0.2, 0.25) is 0 Å². The molecule has 0 amide bonds. The fraction of sp³-hybridized carbons (Fsp3) is 0.385. The highest BCUT2D eigenvalue weighted by atomic mass is 17.3. The smallest absolute Gasteiger partial charge is 0.289 e. The lowest BCUT2D eigenvalue weighted by Gasteiger charge is -2.16. The predicted molar refractivity (Wildman–Crippen MR) is 121 cm³/mol. The van der Waals surface area contributed by atoms with E-state index in [9.17, 15) is 9.59 Å². The molecule has 0 N–H and O–H groups in total. The molecule has 6 nitrogen and oxygen atoms in total. The van der Waals surface area contributed by atoms with Crippen molar-refractivity contribution >= 4 is 11.9 Å². The number of rotatable bonds is 10. The Bertz CT molecular complexity index is 843. The minimum atomic E-state index is -0.644. The van der Waals surface area contributed by atoms with Crippen LogP contribution in [-0.4, -0.2) is 11.9 Å². The van der Waals surface area contributed by atoms with Crippen LogP contribution in [0.1, 0.15) is 79.8 Å². The summed E-state index contributed by atoms with van der Waals surface area (Å²) >= 11 is 0. The maximum atomic E-state index is 12.6. The number of carbonyl (C=O) groups is 2. The summed E-state index contributed by atoms with van der Waals surface area (Å²) in [5.41, 5.74) is 6.09. The third kappa shape index (κ3) is 6.90. The van der Waals surface area contributed by atoms with Gasteiger partial charge in [0, 0.05) is 6.42 Å². The Labute approximate surface area is 190 Å². The van der Waals surface area contributed by atoms with Crippen molar-refractivity contribution in [1.82, 2.24) is 0 Å². The van der Waals surface area contributed by atoms with Crippen molar-refractivity contribution in [2.75, 3.05) is 0 Å². The van der Waals surface area contributed by atoms with Crippen LogP contribution in [0.5, 0.6) is 0 Å². The van der Waals surface area contributed by atoms with Crippen LogP contribution < -0.4 is 0 Å². The second kappa shape index (κ2) is 11.8. The molecule has 0 spiro atoms. The highest BCUT2D eigenvalue weighted by Crippen LogP contribution is 2.23. The van der Waals surface area contributed by atoms with Crippen LogP contribution in [0, 0.1) is 54.8 Å². The van der Waals surface area contributed by atoms with Crippen molar-refractivity contribution in [3.8, 4) is 0 Å². The average molecular weight is 441 g/mol. The summed E-state index contributed by atoms with van der Waals surface area (Å²) in [5.74, 6) is -1.29. The van der Waals surface area contributed by atoms with Gasteiger partial charge in [-0.15, -0.1) is 9.78 Å². The molecule has 2 aromatic carbocycles. The summed E-state index contributed by atoms with van der Waals surface area (Å²) in [5, 5.41) is 0. The van der Waals surface area contributed by atoms with Gasteiger partial charge in [-0.3, -0.25) is 9.78 Å². The molecule has 0 aliphatic rings. The van der Waals surface area contributed by atoms with E-state index in [1.807, 2.05) is 65.8 Å². The van der Waals surface area contributed by atoms with Crippen molar-refractivity contribution in [3.05, 3.63) is 82.0 Å². The zero-order chi connectivity index (χ0) is 23.8. The van der Waals surface area contributed by atoms with E-state index in [4.69, 9.17) is 19.6 Å². The van der Waals surface area contributed by atoms with Gasteiger partial charge in [-0.25, -0.2) is 9.59 Å². The van der Waals surface area contributed by atoms with Gasteiger partial charge in [-0.05, 0) is 70.2 Å². The lowest BCUT2D eigenvalue weighted by molar-refractivity contribution is -0.364. The molecule has 6 heteroatoms. The molecule has 0 heterocycles. The summed E-state index contributed by atoms with van der Waals surface area (Å²) in [6.45, 7) is 15.1. The van der Waals surface area contributed by atoms with Gasteiger partial charge in [0.2, 0.25) is 0 Å². The molecule has 0 bridgehead atoms. The number of hydrogen-bond acceptors (Lipinski definition) is 6. The second-order valence-corrected chi connectivity index (χ2v) is 8.14. The SMILES string of the molecule is [CH2]CCCC[C](OOC(=O)c1c(C)cc(C)cc1C)OOC(=O)c1c(C)cc(C)cc1C. The highest BCUT2D eigenvalue weighted by molar-refractivity contribution is 5.93. The Kier molecular flexibility index (Phi) is 9.42. The van der Waals surface area contributed by atoms with E-state index >= 15 is 0 Å². The normalized spacial score (nSPS) is 11.0. The van der Waals surface area contributed by atoms with E-state index < -0.39 is 11.9 Å². The first-order valence-electron chi connectivity index (χ1n) is 10.7. The zero-order valence-electron chi connectivity index (χ0n) is 19.8. The second-order valence-electron chi connectivity index (χ2n) is 8.14. The Morgan fingerprint density at radius 3 is 1.38 bits per heavy atom. The Balaban J connectivity index is 2.05. The van der Waals surface area contributed by atoms with Gasteiger partial charge < -0.3 is 0 Å². The molecule has 0 aromatic heterocycles. The van der Waals surface area contributed by atoms with Gasteiger partial charge in [0.15, 0.2) is 0 Å². The number of carbonyl (C=O) groups excluding carboxylic acids is 2. The van der Waals surface area contributed by atoms with Crippen molar-refractivity contribution in [1.29, 1.82) is 0 Å². The summed E-state index contributed by atoms with van der Waals surface area (Å²) in [7, 11) is 0. The molecule has 172 valence electrons. The van der Waals surface area contributed by atoms with Gasteiger partial charge >= 0.3 is 18.2 Å². The van der Waals surface area contributed by atoms with Crippen LogP contribution >= 0.6 is 0 Å². The summed E-state index contributed by atoms with van der Waals surface area (Å²) in [4.78, 5) is 45.5. The van der Waals surface area contributed by atoms with Gasteiger partial charge in [0.05, 0.1) is 11.1 Å². The van der Waals surface area contributed by atoms with Crippen LogP contribution in [0.15, 0.2) is 24.3 Å². The molecular formula is C26H32O6. The van der Waals surface area contributed by atoms with Crippen LogP contribution in [-0.2, 0) is 19.6 Å². The minimum Gasteiger partial charge on any atom is -0.289 e. The summed E-state index contributed by atoms with van der Waals surface area (Å²) in [6.07, 6.45) is 2.39. The van der Waals surface area contributed by atoms with Gasteiger partial charge in [-0.2, -0.15) is 0 Å². The first kappa shape index (κ1) is 25.6. The van der Waals surface area contributed by atoms with E-state index in [1.165, 1.54) is 0 Å². The fourth-order valence-corrected chi connectivity index (χ4v) is 3.80. The predicted octanol–water partition coefficient (Wildman–Crippen LogP) is 6.30. The maximum absolute atomic E-state index is 12.6. The molecule has 0 aliphatic heterocycles. The molecule has 2 rings (SSSR count). The molecule has 0 aliphatic carbocycles. The minimum absolute atomic E-state index is 0.106. The molecule has 32 heavy (non-hydrogen) atoms. The molecule has 0 unspecified atom stereocenters. The number of aryl methyl sites for hydroxylation is 6. The Hall–Kier alpha value is -2.70. The fourth-order valence-electron chi connectivity index (χ4n) is 3.80. The maximum Gasteiger partial charge on any atom is 0.373 e. The van der Waals surface area contributed by atoms with Crippen LogP contribution in [0.3, 0.4) is 0 Å². The monoisotopic (exact) mass is 440 g/mol. The standard InChI is InChI=1S/C26H32O6/c1-8-9-10-11-22(29-31-25(27)23-18(4)12-16(2)13-19(23)5)30-32-26(28)24-20(6)14-17(3)15-21(24)7/h12-15H,1,8-11H2,2-7H3. The summed E-state index contributed by atoms with van der Waals surface area (Å²) < 4.78 is 0. The van der Waals surface area contributed by atoms with Crippen molar-refractivity contribution in [2.45, 2.75) is 67.2 Å². The first-order valence-corrected chi connectivity index (χ1v) is 10.7. The molecule has 0 fully saturated rings. The van der Waals surface area contributed by atoms with Crippen LogP contribution in [0.25, 0.3) is 0 Å².